The summed E-state index contributed by atoms with van der Waals surface area (Å²) in [7, 11) is -3.50. The minimum atomic E-state index is -3.50. The minimum absolute atomic E-state index is 0.0163. The second-order valence-electron chi connectivity index (χ2n) is 7.87. The van der Waals surface area contributed by atoms with Gasteiger partial charge in [0.1, 0.15) is 0 Å². The molecule has 0 bridgehead atoms. The molecule has 2 aromatic rings. The van der Waals surface area contributed by atoms with E-state index < -0.39 is 10.0 Å². The third-order valence-corrected chi connectivity index (χ3v) is 7.60. The summed E-state index contributed by atoms with van der Waals surface area (Å²) in [6.45, 7) is 6.77. The summed E-state index contributed by atoms with van der Waals surface area (Å²) in [4.78, 5) is 13.1. The summed E-state index contributed by atoms with van der Waals surface area (Å²) in [5, 5.41) is 3.16. The van der Waals surface area contributed by atoms with Gasteiger partial charge in [0.15, 0.2) is 0 Å². The van der Waals surface area contributed by atoms with Crippen molar-refractivity contribution in [3.05, 3.63) is 65.2 Å². The summed E-state index contributed by atoms with van der Waals surface area (Å²) in [5.41, 5.74) is 3.32. The van der Waals surface area contributed by atoms with Crippen LogP contribution < -0.4 is 5.32 Å². The van der Waals surface area contributed by atoms with Crippen LogP contribution in [0.5, 0.6) is 0 Å². The van der Waals surface area contributed by atoms with Crippen LogP contribution in [0.2, 0.25) is 0 Å². The van der Waals surface area contributed by atoms with Gasteiger partial charge in [-0.25, -0.2) is 8.42 Å². The Balaban J connectivity index is 1.60. The van der Waals surface area contributed by atoms with Crippen LogP contribution in [0.15, 0.2) is 53.4 Å². The summed E-state index contributed by atoms with van der Waals surface area (Å²) >= 11 is 0. The molecule has 1 N–H and O–H groups in total. The van der Waals surface area contributed by atoms with Gasteiger partial charge < -0.3 is 5.32 Å². The first-order valence-electron chi connectivity index (χ1n) is 10.2. The first kappa shape index (κ1) is 21.5. The number of rotatable bonds is 6. The number of carbonyl (C=O) groups is 1. The summed E-state index contributed by atoms with van der Waals surface area (Å²) < 4.78 is 27.2. The lowest BCUT2D eigenvalue weighted by Crippen LogP contribution is -2.43. The topological polar surface area (TPSA) is 66.5 Å². The number of hydrogen-bond donors (Lipinski definition) is 1. The first-order valence-corrected chi connectivity index (χ1v) is 11.7. The Morgan fingerprint density at radius 2 is 1.52 bits per heavy atom. The smallest absolute Gasteiger partial charge is 0.243 e. The third-order valence-electron chi connectivity index (χ3n) is 5.69. The molecule has 3 rings (SSSR count). The minimum Gasteiger partial charge on any atom is -0.349 e. The van der Waals surface area contributed by atoms with Crippen LogP contribution in [0.3, 0.4) is 0 Å². The van der Waals surface area contributed by atoms with Crippen molar-refractivity contribution in [1.29, 1.82) is 0 Å². The molecule has 2 aromatic carbocycles. The molecule has 0 radical (unpaired) electrons. The number of amides is 1. The summed E-state index contributed by atoms with van der Waals surface area (Å²) in [6, 6.07) is 15.1. The number of nitrogens with zero attached hydrogens (tertiary/aromatic N) is 1. The zero-order chi connectivity index (χ0) is 21.0. The van der Waals surface area contributed by atoms with Gasteiger partial charge >= 0.3 is 0 Å². The normalized spacial score (nSPS) is 17.1. The van der Waals surface area contributed by atoms with E-state index in [1.165, 1.54) is 9.87 Å². The highest BCUT2D eigenvalue weighted by Crippen LogP contribution is 2.25. The lowest BCUT2D eigenvalue weighted by atomic mass is 9.95. The number of sulfonamides is 1. The second kappa shape index (κ2) is 9.09. The van der Waals surface area contributed by atoms with Crippen molar-refractivity contribution in [2.24, 2.45) is 5.92 Å². The molecule has 1 heterocycles. The Labute approximate surface area is 174 Å². The highest BCUT2D eigenvalue weighted by Gasteiger charge is 2.32. The van der Waals surface area contributed by atoms with Crippen LogP contribution in [0.1, 0.15) is 48.9 Å². The van der Waals surface area contributed by atoms with Crippen molar-refractivity contribution in [1.82, 2.24) is 9.62 Å². The van der Waals surface area contributed by atoms with Crippen LogP contribution in [0.25, 0.3) is 0 Å². The maximum atomic E-state index is 12.8. The molecular weight excluding hydrogens is 384 g/mol. The van der Waals surface area contributed by atoms with Gasteiger partial charge in [-0.05, 0) is 50.8 Å². The van der Waals surface area contributed by atoms with Crippen molar-refractivity contribution in [3.63, 3.8) is 0 Å². The molecule has 1 fully saturated rings. The molecule has 5 nitrogen and oxygen atoms in total. The molecule has 0 unspecified atom stereocenters. The molecule has 156 valence electrons. The van der Waals surface area contributed by atoms with Crippen molar-refractivity contribution in [3.8, 4) is 0 Å². The van der Waals surface area contributed by atoms with Crippen molar-refractivity contribution < 1.29 is 13.2 Å². The van der Waals surface area contributed by atoms with Crippen LogP contribution in [-0.4, -0.2) is 31.7 Å². The summed E-state index contributed by atoms with van der Waals surface area (Å²) in [5.74, 6) is -0.135. The number of piperidine rings is 1. The van der Waals surface area contributed by atoms with Crippen LogP contribution in [0, 0.1) is 19.8 Å². The van der Waals surface area contributed by atoms with Crippen molar-refractivity contribution in [2.75, 3.05) is 13.1 Å². The van der Waals surface area contributed by atoms with E-state index in [0.717, 1.165) is 17.5 Å². The van der Waals surface area contributed by atoms with E-state index in [4.69, 9.17) is 0 Å². The zero-order valence-corrected chi connectivity index (χ0v) is 18.2. The molecule has 1 aliphatic heterocycles. The van der Waals surface area contributed by atoms with Gasteiger partial charge in [-0.15, -0.1) is 0 Å². The number of hydrogen-bond acceptors (Lipinski definition) is 3. The molecule has 0 spiro atoms. The Hall–Kier alpha value is -2.18. The molecule has 1 aliphatic rings. The van der Waals surface area contributed by atoms with E-state index in [0.29, 0.717) is 30.8 Å². The van der Waals surface area contributed by atoms with E-state index in [9.17, 15) is 13.2 Å². The average molecular weight is 415 g/mol. The lowest BCUT2D eigenvalue weighted by Gasteiger charge is -2.31. The third kappa shape index (κ3) is 5.06. The SMILES string of the molecule is CC[C@@H](NC(=O)C1CCN(S(=O)(=O)c2ccc(C)cc2)CC1)c1ccc(C)cc1. The predicted octanol–water partition coefficient (Wildman–Crippen LogP) is 3.97. The Kier molecular flexibility index (Phi) is 6.75. The van der Waals surface area contributed by atoms with E-state index in [-0.39, 0.29) is 17.9 Å². The van der Waals surface area contributed by atoms with Gasteiger partial charge in [-0.2, -0.15) is 4.31 Å². The van der Waals surface area contributed by atoms with Crippen molar-refractivity contribution in [2.45, 2.75) is 51.0 Å². The Morgan fingerprint density at radius 3 is 2.03 bits per heavy atom. The van der Waals surface area contributed by atoms with Gasteiger partial charge in [0.2, 0.25) is 15.9 Å². The second-order valence-corrected chi connectivity index (χ2v) is 9.81. The van der Waals surface area contributed by atoms with Crippen LogP contribution in [-0.2, 0) is 14.8 Å². The van der Waals surface area contributed by atoms with Gasteiger partial charge in [0.05, 0.1) is 10.9 Å². The fourth-order valence-electron chi connectivity index (χ4n) is 3.73. The van der Waals surface area contributed by atoms with Crippen LogP contribution >= 0.6 is 0 Å². The monoisotopic (exact) mass is 414 g/mol. The quantitative estimate of drug-likeness (QED) is 0.778. The molecule has 1 atom stereocenters. The van der Waals surface area contributed by atoms with Gasteiger partial charge in [0, 0.05) is 19.0 Å². The first-order chi connectivity index (χ1) is 13.8. The highest BCUT2D eigenvalue weighted by molar-refractivity contribution is 7.89. The van der Waals surface area contributed by atoms with Crippen molar-refractivity contribution >= 4 is 15.9 Å². The standard InChI is InChI=1S/C23H30N2O3S/c1-4-22(19-9-5-17(2)6-10-19)24-23(26)20-13-15-25(16-14-20)29(27,28)21-11-7-18(3)8-12-21/h5-12,20,22H,4,13-16H2,1-3H3,(H,24,26)/t22-/m1/s1. The summed E-state index contributed by atoms with van der Waals surface area (Å²) in [6.07, 6.45) is 1.90. The maximum Gasteiger partial charge on any atom is 0.243 e. The molecule has 1 amide bonds. The number of aryl methyl sites for hydroxylation is 2. The fourth-order valence-corrected chi connectivity index (χ4v) is 5.20. The van der Waals surface area contributed by atoms with E-state index >= 15 is 0 Å². The number of benzene rings is 2. The van der Waals surface area contributed by atoms with E-state index in [2.05, 4.69) is 36.5 Å². The zero-order valence-electron chi connectivity index (χ0n) is 17.4. The molecule has 6 heteroatoms. The molecule has 0 aliphatic carbocycles. The highest BCUT2D eigenvalue weighted by atomic mass is 32.2. The fraction of sp³-hybridized carbons (Fsp3) is 0.435. The van der Waals surface area contributed by atoms with E-state index in [1.807, 2.05) is 26.0 Å². The maximum absolute atomic E-state index is 12.8. The molecule has 0 aromatic heterocycles. The molecule has 0 saturated carbocycles. The van der Waals surface area contributed by atoms with E-state index in [1.54, 1.807) is 12.1 Å². The average Bonchev–Trinajstić information content (AvgIpc) is 2.73. The van der Waals surface area contributed by atoms with Gasteiger partial charge in [-0.3, -0.25) is 4.79 Å². The lowest BCUT2D eigenvalue weighted by molar-refractivity contribution is -0.126. The predicted molar refractivity (Wildman–Crippen MR) is 115 cm³/mol. The van der Waals surface area contributed by atoms with Crippen LogP contribution in [0.4, 0.5) is 0 Å². The number of carbonyl (C=O) groups excluding carboxylic acids is 1. The Bertz CT molecular complexity index is 929. The van der Waals surface area contributed by atoms with Gasteiger partial charge in [-0.1, -0.05) is 54.4 Å². The molecule has 1 saturated heterocycles. The molecular formula is C23H30N2O3S. The number of nitrogens with one attached hydrogen (secondary N) is 1. The largest absolute Gasteiger partial charge is 0.349 e. The Morgan fingerprint density at radius 1 is 1.00 bits per heavy atom. The van der Waals surface area contributed by atoms with Gasteiger partial charge in [0.25, 0.3) is 0 Å². The molecule has 29 heavy (non-hydrogen) atoms.